The molecule has 0 radical (unpaired) electrons. The normalized spacial score (nSPS) is 11.2. The SMILES string of the molecule is Cc1ccc(N(c2ccc(CCCOC(=O)NCCC[Si](O)(O)O)cc2)c2ccc(-c3ccccc3)cc2)cc1C. The van der Waals surface area contributed by atoms with Crippen molar-refractivity contribution < 1.29 is 23.9 Å². The number of carbonyl (C=O) groups is 1. The summed E-state index contributed by atoms with van der Waals surface area (Å²) in [6, 6.07) is 33.8. The molecule has 4 aromatic carbocycles. The van der Waals surface area contributed by atoms with Gasteiger partial charge in [-0.3, -0.25) is 0 Å². The number of aryl methyl sites for hydroxylation is 3. The molecule has 0 atom stereocenters. The number of anilines is 3. The molecule has 7 nitrogen and oxygen atoms in total. The van der Waals surface area contributed by atoms with E-state index in [1.54, 1.807) is 0 Å². The molecule has 0 fully saturated rings. The Balaban J connectivity index is 1.40. The lowest BCUT2D eigenvalue weighted by Crippen LogP contribution is -2.35. The van der Waals surface area contributed by atoms with Crippen LogP contribution in [-0.4, -0.2) is 42.4 Å². The van der Waals surface area contributed by atoms with E-state index in [2.05, 4.69) is 115 Å². The molecule has 0 aliphatic heterocycles. The van der Waals surface area contributed by atoms with Crippen LogP contribution in [0.15, 0.2) is 97.1 Å². The lowest BCUT2D eigenvalue weighted by atomic mass is 10.0. The van der Waals surface area contributed by atoms with Crippen LogP contribution in [-0.2, 0) is 11.2 Å². The van der Waals surface area contributed by atoms with Crippen molar-refractivity contribution in [1.29, 1.82) is 0 Å². The molecule has 0 aliphatic rings. The van der Waals surface area contributed by atoms with Crippen molar-refractivity contribution in [2.75, 3.05) is 18.1 Å². The summed E-state index contributed by atoms with van der Waals surface area (Å²) >= 11 is 0. The molecule has 0 saturated heterocycles. The highest BCUT2D eigenvalue weighted by Gasteiger charge is 2.25. The number of nitrogens with one attached hydrogen (secondary N) is 1. The van der Waals surface area contributed by atoms with Gasteiger partial charge in [0, 0.05) is 29.7 Å². The maximum absolute atomic E-state index is 11.8. The van der Waals surface area contributed by atoms with Gasteiger partial charge in [0.2, 0.25) is 0 Å². The predicted octanol–water partition coefficient (Wildman–Crippen LogP) is 6.40. The zero-order valence-corrected chi connectivity index (χ0v) is 24.6. The highest BCUT2D eigenvalue weighted by molar-refractivity contribution is 6.56. The van der Waals surface area contributed by atoms with Crippen molar-refractivity contribution in [3.8, 4) is 11.1 Å². The predicted molar refractivity (Wildman–Crippen MR) is 166 cm³/mol. The number of hydrogen-bond donors (Lipinski definition) is 4. The van der Waals surface area contributed by atoms with E-state index in [1.165, 1.54) is 22.3 Å². The molecule has 214 valence electrons. The molecule has 1 amide bonds. The van der Waals surface area contributed by atoms with Crippen LogP contribution >= 0.6 is 0 Å². The molecular formula is C33H38N2O5Si. The number of hydrogen-bond acceptors (Lipinski definition) is 6. The van der Waals surface area contributed by atoms with Crippen molar-refractivity contribution in [3.05, 3.63) is 114 Å². The van der Waals surface area contributed by atoms with E-state index in [1.807, 2.05) is 6.07 Å². The van der Waals surface area contributed by atoms with Crippen molar-refractivity contribution in [2.24, 2.45) is 0 Å². The molecule has 0 heterocycles. The molecule has 0 saturated carbocycles. The third kappa shape index (κ3) is 9.02. The number of alkyl carbamates (subject to hydrolysis) is 1. The zero-order valence-electron chi connectivity index (χ0n) is 23.6. The van der Waals surface area contributed by atoms with Crippen LogP contribution in [0, 0.1) is 13.8 Å². The highest BCUT2D eigenvalue weighted by Crippen LogP contribution is 2.36. The maximum Gasteiger partial charge on any atom is 0.492 e. The van der Waals surface area contributed by atoms with Gasteiger partial charge in [-0.15, -0.1) is 0 Å². The Kier molecular flexibility index (Phi) is 10.3. The van der Waals surface area contributed by atoms with Gasteiger partial charge in [0.25, 0.3) is 0 Å². The van der Waals surface area contributed by atoms with Gasteiger partial charge in [-0.1, -0.05) is 60.7 Å². The van der Waals surface area contributed by atoms with Crippen molar-refractivity contribution >= 4 is 32.0 Å². The molecular weight excluding hydrogens is 532 g/mol. The number of amides is 1. The van der Waals surface area contributed by atoms with E-state index in [-0.39, 0.29) is 25.6 Å². The summed E-state index contributed by atoms with van der Waals surface area (Å²) in [6.45, 7) is 4.74. The second-order valence-corrected chi connectivity index (χ2v) is 12.3. The Bertz CT molecular complexity index is 1400. The number of rotatable bonds is 12. The van der Waals surface area contributed by atoms with E-state index in [0.29, 0.717) is 6.42 Å². The molecule has 8 heteroatoms. The van der Waals surface area contributed by atoms with Gasteiger partial charge in [-0.2, -0.15) is 0 Å². The standard InChI is InChI=1S/C33H38N2O5Si/c1-25-11-16-32(24-26(25)2)35(31-19-14-29(15-20-31)28-9-4-3-5-10-28)30-17-12-27(13-18-30)8-6-22-40-33(36)34-21-7-23-41(37,38)39/h3-5,9-20,24,37-39H,6-8,21-23H2,1-2H3,(H,34,36). The second kappa shape index (κ2) is 14.1. The molecule has 0 aromatic heterocycles. The van der Waals surface area contributed by atoms with Crippen LogP contribution in [0.4, 0.5) is 21.9 Å². The van der Waals surface area contributed by atoms with Gasteiger partial charge in [-0.05, 0) is 97.3 Å². The molecule has 0 bridgehead atoms. The van der Waals surface area contributed by atoms with Gasteiger partial charge >= 0.3 is 14.9 Å². The van der Waals surface area contributed by atoms with Crippen LogP contribution in [0.2, 0.25) is 6.04 Å². The summed E-state index contributed by atoms with van der Waals surface area (Å²) < 4.78 is 5.20. The van der Waals surface area contributed by atoms with Gasteiger partial charge in [0.1, 0.15) is 0 Å². The molecule has 4 N–H and O–H groups in total. The van der Waals surface area contributed by atoms with E-state index in [4.69, 9.17) is 19.1 Å². The van der Waals surface area contributed by atoms with E-state index < -0.39 is 14.9 Å². The Morgan fingerprint density at radius 2 is 1.37 bits per heavy atom. The number of ether oxygens (including phenoxy) is 1. The van der Waals surface area contributed by atoms with Gasteiger partial charge in [-0.25, -0.2) is 4.79 Å². The number of nitrogens with zero attached hydrogens (tertiary/aromatic N) is 1. The minimum atomic E-state index is -4.06. The maximum atomic E-state index is 11.8. The lowest BCUT2D eigenvalue weighted by Gasteiger charge is -2.26. The molecule has 4 aromatic rings. The Hall–Kier alpha value is -3.95. The van der Waals surface area contributed by atoms with Crippen molar-refractivity contribution in [1.82, 2.24) is 5.32 Å². The average molecular weight is 571 g/mol. The van der Waals surface area contributed by atoms with Gasteiger partial charge < -0.3 is 29.3 Å². The molecule has 0 unspecified atom stereocenters. The third-order valence-corrected chi connectivity index (χ3v) is 8.00. The Morgan fingerprint density at radius 3 is 2.00 bits per heavy atom. The Labute approximate surface area is 243 Å². The largest absolute Gasteiger partial charge is 0.492 e. The molecule has 41 heavy (non-hydrogen) atoms. The number of benzene rings is 4. The monoisotopic (exact) mass is 570 g/mol. The first-order valence-corrected chi connectivity index (χ1v) is 15.9. The zero-order chi connectivity index (χ0) is 29.2. The summed E-state index contributed by atoms with van der Waals surface area (Å²) in [5, 5.41) is 2.55. The Morgan fingerprint density at radius 1 is 0.756 bits per heavy atom. The van der Waals surface area contributed by atoms with Crippen molar-refractivity contribution in [3.63, 3.8) is 0 Å². The summed E-state index contributed by atoms with van der Waals surface area (Å²) in [6.07, 6.45) is 1.15. The van der Waals surface area contributed by atoms with Crippen LogP contribution in [0.5, 0.6) is 0 Å². The topological polar surface area (TPSA) is 102 Å². The summed E-state index contributed by atoms with van der Waals surface area (Å²) in [7, 11) is -4.06. The second-order valence-electron chi connectivity index (χ2n) is 10.2. The van der Waals surface area contributed by atoms with Crippen LogP contribution < -0.4 is 10.2 Å². The first-order valence-electron chi connectivity index (χ1n) is 13.9. The smallest absolute Gasteiger partial charge is 0.450 e. The van der Waals surface area contributed by atoms with Crippen LogP contribution in [0.25, 0.3) is 11.1 Å². The van der Waals surface area contributed by atoms with E-state index >= 15 is 0 Å². The van der Waals surface area contributed by atoms with E-state index in [9.17, 15) is 4.79 Å². The number of carbonyl (C=O) groups excluding carboxylic acids is 1. The summed E-state index contributed by atoms with van der Waals surface area (Å²) in [4.78, 5) is 41.1. The third-order valence-electron chi connectivity index (χ3n) is 6.98. The average Bonchev–Trinajstić information content (AvgIpc) is 2.96. The minimum Gasteiger partial charge on any atom is -0.450 e. The quantitative estimate of drug-likeness (QED) is 0.116. The van der Waals surface area contributed by atoms with Crippen LogP contribution in [0.3, 0.4) is 0 Å². The first kappa shape index (κ1) is 30.0. The fraction of sp³-hybridized carbons (Fsp3) is 0.242. The van der Waals surface area contributed by atoms with Gasteiger partial charge in [0.15, 0.2) is 0 Å². The molecule has 4 rings (SSSR count). The van der Waals surface area contributed by atoms with Crippen LogP contribution in [0.1, 0.15) is 29.5 Å². The summed E-state index contributed by atoms with van der Waals surface area (Å²) in [5.74, 6) is 0. The lowest BCUT2D eigenvalue weighted by molar-refractivity contribution is 0.144. The van der Waals surface area contributed by atoms with Crippen molar-refractivity contribution in [2.45, 2.75) is 39.2 Å². The van der Waals surface area contributed by atoms with Gasteiger partial charge in [0.05, 0.1) is 6.61 Å². The first-order chi connectivity index (χ1) is 19.7. The van der Waals surface area contributed by atoms with E-state index in [0.717, 1.165) is 29.0 Å². The fourth-order valence-electron chi connectivity index (χ4n) is 4.57. The molecule has 0 spiro atoms. The fourth-order valence-corrected chi connectivity index (χ4v) is 5.22. The highest BCUT2D eigenvalue weighted by atomic mass is 28.4. The minimum absolute atomic E-state index is 0.122. The molecule has 0 aliphatic carbocycles. The summed E-state index contributed by atoms with van der Waals surface area (Å²) in [5.41, 5.74) is 9.22.